The lowest BCUT2D eigenvalue weighted by Crippen LogP contribution is -2.29. The van der Waals surface area contributed by atoms with Gasteiger partial charge >= 0.3 is 5.91 Å². The third kappa shape index (κ3) is 5.05. The van der Waals surface area contributed by atoms with E-state index in [-0.39, 0.29) is 11.3 Å². The monoisotopic (exact) mass is 544 g/mol. The highest BCUT2D eigenvalue weighted by Gasteiger charge is 2.48. The summed E-state index contributed by atoms with van der Waals surface area (Å²) in [5, 5.41) is 11.8. The van der Waals surface area contributed by atoms with Crippen molar-refractivity contribution in [3.05, 3.63) is 83.4 Å². The number of thiazole rings is 1. The summed E-state index contributed by atoms with van der Waals surface area (Å²) < 4.78 is 17.6. The number of benzene rings is 3. The van der Waals surface area contributed by atoms with Crippen LogP contribution in [0.25, 0.3) is 16.0 Å². The number of aliphatic hydroxyl groups is 1. The van der Waals surface area contributed by atoms with E-state index in [0.717, 1.165) is 4.70 Å². The molecule has 9 heteroatoms. The molecule has 3 aromatic carbocycles. The Morgan fingerprint density at radius 1 is 0.872 bits per heavy atom. The van der Waals surface area contributed by atoms with Crippen LogP contribution in [0.3, 0.4) is 0 Å². The number of Topliss-reactive ketones (excluding diaryl/α,β-unsaturated/α-hetero) is 1. The molecule has 39 heavy (non-hydrogen) atoms. The highest BCUT2D eigenvalue weighted by molar-refractivity contribution is 7.22. The SMILES string of the molecule is CCOc1ccc(/C(O)=C2\C(=O)C(=O)N(c3nc4ccc(OCC)cc4s3)C2c2cccc(OCC)c2)cc1. The molecule has 1 aliphatic rings. The lowest BCUT2D eigenvalue weighted by Gasteiger charge is -2.23. The van der Waals surface area contributed by atoms with Gasteiger partial charge in [-0.1, -0.05) is 23.5 Å². The minimum atomic E-state index is -0.913. The molecule has 4 aromatic rings. The average Bonchev–Trinajstić information content (AvgIpc) is 3.47. The zero-order valence-electron chi connectivity index (χ0n) is 21.8. The van der Waals surface area contributed by atoms with Crippen LogP contribution in [0.1, 0.15) is 37.9 Å². The van der Waals surface area contributed by atoms with E-state index in [9.17, 15) is 14.7 Å². The number of hydrogen-bond acceptors (Lipinski definition) is 8. The van der Waals surface area contributed by atoms with Crippen LogP contribution in [0, 0.1) is 0 Å². The number of fused-ring (bicyclic) bond motifs is 1. The van der Waals surface area contributed by atoms with E-state index in [2.05, 4.69) is 4.98 Å². The zero-order chi connectivity index (χ0) is 27.5. The predicted molar refractivity (Wildman–Crippen MR) is 151 cm³/mol. The lowest BCUT2D eigenvalue weighted by atomic mass is 9.95. The molecule has 1 aromatic heterocycles. The number of ketones is 1. The van der Waals surface area contributed by atoms with Crippen LogP contribution in [0.4, 0.5) is 5.13 Å². The summed E-state index contributed by atoms with van der Waals surface area (Å²) in [5.41, 5.74) is 1.66. The van der Waals surface area contributed by atoms with Gasteiger partial charge in [0, 0.05) is 5.56 Å². The van der Waals surface area contributed by atoms with Gasteiger partial charge < -0.3 is 19.3 Å². The van der Waals surface area contributed by atoms with Crippen LogP contribution in [-0.2, 0) is 9.59 Å². The maximum Gasteiger partial charge on any atom is 0.301 e. The molecule has 1 fully saturated rings. The Morgan fingerprint density at radius 3 is 2.21 bits per heavy atom. The van der Waals surface area contributed by atoms with Gasteiger partial charge in [0.1, 0.15) is 23.0 Å². The Labute approximate surface area is 230 Å². The molecule has 1 unspecified atom stereocenters. The molecule has 5 rings (SSSR count). The molecule has 1 atom stereocenters. The van der Waals surface area contributed by atoms with Gasteiger partial charge in [0.15, 0.2) is 5.13 Å². The van der Waals surface area contributed by atoms with E-state index in [1.54, 1.807) is 48.5 Å². The molecule has 0 bridgehead atoms. The third-order valence-electron chi connectivity index (χ3n) is 6.23. The molecule has 0 spiro atoms. The molecule has 1 amide bonds. The summed E-state index contributed by atoms with van der Waals surface area (Å²) in [7, 11) is 0. The second kappa shape index (κ2) is 11.2. The van der Waals surface area contributed by atoms with Crippen molar-refractivity contribution >= 4 is 44.1 Å². The van der Waals surface area contributed by atoms with Gasteiger partial charge in [0.05, 0.1) is 41.7 Å². The summed E-state index contributed by atoms with van der Waals surface area (Å²) in [6.07, 6.45) is 0. The summed E-state index contributed by atoms with van der Waals surface area (Å²) in [6.45, 7) is 7.14. The van der Waals surface area contributed by atoms with Crippen molar-refractivity contribution < 1.29 is 28.9 Å². The largest absolute Gasteiger partial charge is 0.507 e. The molecule has 200 valence electrons. The Balaban J connectivity index is 1.66. The zero-order valence-corrected chi connectivity index (χ0v) is 22.7. The number of ether oxygens (including phenoxy) is 3. The number of nitrogens with zero attached hydrogens (tertiary/aromatic N) is 2. The fraction of sp³-hybridized carbons (Fsp3) is 0.233. The van der Waals surface area contributed by atoms with Crippen molar-refractivity contribution in [2.24, 2.45) is 0 Å². The van der Waals surface area contributed by atoms with E-state index in [1.807, 2.05) is 39.0 Å². The highest BCUT2D eigenvalue weighted by atomic mass is 32.1. The van der Waals surface area contributed by atoms with Gasteiger partial charge in [0.25, 0.3) is 5.78 Å². The second-order valence-electron chi connectivity index (χ2n) is 8.69. The summed E-state index contributed by atoms with van der Waals surface area (Å²) in [4.78, 5) is 33.1. The van der Waals surface area contributed by atoms with Crippen LogP contribution >= 0.6 is 11.3 Å². The standard InChI is InChI=1S/C30H28N2O6S/c1-4-36-20-12-10-18(11-13-20)27(33)25-26(19-8-7-9-21(16-19)37-5-2)32(29(35)28(25)34)30-31-23-15-14-22(38-6-3)17-24(23)39-30/h7-17,26,33H,4-6H2,1-3H3/b27-25+. The molecule has 0 aliphatic carbocycles. The first-order valence-corrected chi connectivity index (χ1v) is 13.6. The topological polar surface area (TPSA) is 98.2 Å². The summed E-state index contributed by atoms with van der Waals surface area (Å²) in [5.74, 6) is 0.0914. The van der Waals surface area contributed by atoms with Gasteiger partial charge in [-0.15, -0.1) is 0 Å². The molecule has 1 aliphatic heterocycles. The number of hydrogen-bond donors (Lipinski definition) is 1. The normalized spacial score (nSPS) is 16.6. The smallest absolute Gasteiger partial charge is 0.301 e. The van der Waals surface area contributed by atoms with Crippen molar-refractivity contribution in [2.45, 2.75) is 26.8 Å². The van der Waals surface area contributed by atoms with Gasteiger partial charge in [0.2, 0.25) is 0 Å². The third-order valence-corrected chi connectivity index (χ3v) is 7.25. The van der Waals surface area contributed by atoms with Gasteiger partial charge in [-0.25, -0.2) is 4.98 Å². The Bertz CT molecular complexity index is 1560. The quantitative estimate of drug-likeness (QED) is 0.154. The number of anilines is 1. The Morgan fingerprint density at radius 2 is 1.51 bits per heavy atom. The second-order valence-corrected chi connectivity index (χ2v) is 9.70. The highest BCUT2D eigenvalue weighted by Crippen LogP contribution is 2.45. The lowest BCUT2D eigenvalue weighted by molar-refractivity contribution is -0.132. The number of aromatic nitrogens is 1. The van der Waals surface area contributed by atoms with Crippen LogP contribution in [0.15, 0.2) is 72.3 Å². The maximum absolute atomic E-state index is 13.6. The summed E-state index contributed by atoms with van der Waals surface area (Å²) in [6, 6.07) is 18.5. The number of aliphatic hydroxyl groups excluding tert-OH is 1. The Hall–Kier alpha value is -4.37. The minimum Gasteiger partial charge on any atom is -0.507 e. The van der Waals surface area contributed by atoms with Crippen molar-refractivity contribution in [2.75, 3.05) is 24.7 Å². The number of carbonyl (C=O) groups excluding carboxylic acids is 2. The maximum atomic E-state index is 13.6. The van der Waals surface area contributed by atoms with Crippen molar-refractivity contribution in [3.63, 3.8) is 0 Å². The van der Waals surface area contributed by atoms with E-state index < -0.39 is 17.7 Å². The van der Waals surface area contributed by atoms with Gasteiger partial charge in [-0.2, -0.15) is 0 Å². The van der Waals surface area contributed by atoms with Crippen molar-refractivity contribution in [3.8, 4) is 17.2 Å². The van der Waals surface area contributed by atoms with E-state index in [1.165, 1.54) is 16.2 Å². The van der Waals surface area contributed by atoms with Crippen LogP contribution < -0.4 is 19.1 Å². The fourth-order valence-corrected chi connectivity index (χ4v) is 5.59. The number of rotatable bonds is 9. The fourth-order valence-electron chi connectivity index (χ4n) is 4.57. The number of amides is 1. The van der Waals surface area contributed by atoms with Crippen LogP contribution in [-0.4, -0.2) is 41.6 Å². The van der Waals surface area contributed by atoms with E-state index in [0.29, 0.717) is 58.8 Å². The minimum absolute atomic E-state index is 0.0212. The molecule has 1 N–H and O–H groups in total. The van der Waals surface area contributed by atoms with Crippen molar-refractivity contribution in [1.29, 1.82) is 0 Å². The van der Waals surface area contributed by atoms with E-state index >= 15 is 0 Å². The average molecular weight is 545 g/mol. The first kappa shape index (κ1) is 26.2. The Kier molecular flexibility index (Phi) is 7.51. The number of carbonyl (C=O) groups is 2. The molecule has 0 radical (unpaired) electrons. The first-order valence-electron chi connectivity index (χ1n) is 12.8. The van der Waals surface area contributed by atoms with Crippen LogP contribution in [0.2, 0.25) is 0 Å². The molecule has 8 nitrogen and oxygen atoms in total. The first-order chi connectivity index (χ1) is 18.9. The van der Waals surface area contributed by atoms with Crippen molar-refractivity contribution in [1.82, 2.24) is 4.98 Å². The van der Waals surface area contributed by atoms with Gasteiger partial charge in [-0.3, -0.25) is 14.5 Å². The molecule has 1 saturated heterocycles. The predicted octanol–water partition coefficient (Wildman–Crippen LogP) is 6.12. The summed E-state index contributed by atoms with van der Waals surface area (Å²) >= 11 is 1.28. The van der Waals surface area contributed by atoms with E-state index in [4.69, 9.17) is 14.2 Å². The molecular weight excluding hydrogens is 516 g/mol. The molecule has 2 heterocycles. The van der Waals surface area contributed by atoms with Gasteiger partial charge in [-0.05, 0) is 80.9 Å². The molecule has 0 saturated carbocycles. The molecular formula is C30H28N2O6S. The van der Waals surface area contributed by atoms with Crippen LogP contribution in [0.5, 0.6) is 17.2 Å².